The average molecular weight is 327 g/mol. The summed E-state index contributed by atoms with van der Waals surface area (Å²) in [5.74, 6) is 0.917. The van der Waals surface area contributed by atoms with Crippen LogP contribution in [0.3, 0.4) is 0 Å². The maximum atomic E-state index is 13.0. The van der Waals surface area contributed by atoms with Crippen molar-refractivity contribution in [2.75, 3.05) is 57.5 Å². The van der Waals surface area contributed by atoms with Crippen molar-refractivity contribution < 1.29 is 14.3 Å². The van der Waals surface area contributed by atoms with Crippen molar-refractivity contribution in [1.29, 1.82) is 0 Å². The molecule has 2 aliphatic heterocycles. The van der Waals surface area contributed by atoms with Crippen molar-refractivity contribution in [3.63, 3.8) is 0 Å². The lowest BCUT2D eigenvalue weighted by Crippen LogP contribution is -2.41. The topological polar surface area (TPSA) is 54.9 Å². The number of nitrogens with zero attached hydrogens (tertiary/aromatic N) is 3. The molecule has 24 heavy (non-hydrogen) atoms. The van der Waals surface area contributed by atoms with Crippen molar-refractivity contribution in [1.82, 2.24) is 9.88 Å². The maximum absolute atomic E-state index is 13.0. The van der Waals surface area contributed by atoms with Crippen LogP contribution in [0.25, 0.3) is 10.9 Å². The van der Waals surface area contributed by atoms with Gasteiger partial charge < -0.3 is 19.3 Å². The zero-order valence-corrected chi connectivity index (χ0v) is 13.6. The predicted octanol–water partition coefficient (Wildman–Crippen LogP) is 1.54. The molecule has 0 saturated carbocycles. The molecule has 6 heteroatoms. The Hall–Kier alpha value is -2.18. The summed E-state index contributed by atoms with van der Waals surface area (Å²) in [7, 11) is 0. The summed E-state index contributed by atoms with van der Waals surface area (Å²) in [4.78, 5) is 21.9. The van der Waals surface area contributed by atoms with Crippen LogP contribution in [0, 0.1) is 0 Å². The third-order valence-electron chi connectivity index (χ3n) is 4.57. The second-order valence-corrected chi connectivity index (χ2v) is 6.05. The number of hydrogen-bond donors (Lipinski definition) is 0. The van der Waals surface area contributed by atoms with Gasteiger partial charge in [-0.15, -0.1) is 0 Å². The Bertz CT molecular complexity index is 737. The first-order valence-corrected chi connectivity index (χ1v) is 8.42. The molecule has 2 saturated heterocycles. The lowest BCUT2D eigenvalue weighted by molar-refractivity contribution is 0.0304. The van der Waals surface area contributed by atoms with Crippen molar-refractivity contribution in [2.24, 2.45) is 0 Å². The van der Waals surface area contributed by atoms with Gasteiger partial charge in [0, 0.05) is 31.6 Å². The highest BCUT2D eigenvalue weighted by Gasteiger charge is 2.23. The van der Waals surface area contributed by atoms with Crippen LogP contribution < -0.4 is 4.90 Å². The molecule has 0 aliphatic carbocycles. The molecule has 1 aromatic heterocycles. The van der Waals surface area contributed by atoms with E-state index in [2.05, 4.69) is 4.90 Å². The normalized spacial score (nSPS) is 18.8. The van der Waals surface area contributed by atoms with E-state index < -0.39 is 0 Å². The number of amides is 1. The Kier molecular flexibility index (Phi) is 4.32. The first-order chi connectivity index (χ1) is 11.8. The Morgan fingerprint density at radius 2 is 1.62 bits per heavy atom. The van der Waals surface area contributed by atoms with E-state index in [1.54, 1.807) is 0 Å². The SMILES string of the molecule is O=C(c1cc(N2CCOCC2)nc2ccccc12)N1CCOCC1. The highest BCUT2D eigenvalue weighted by Crippen LogP contribution is 2.25. The number of morpholine rings is 2. The summed E-state index contributed by atoms with van der Waals surface area (Å²) < 4.78 is 10.8. The fourth-order valence-corrected chi connectivity index (χ4v) is 3.23. The molecule has 0 N–H and O–H groups in total. The van der Waals surface area contributed by atoms with E-state index in [0.717, 1.165) is 35.4 Å². The summed E-state index contributed by atoms with van der Waals surface area (Å²) in [6, 6.07) is 9.79. The molecule has 3 heterocycles. The molecule has 0 spiro atoms. The summed E-state index contributed by atoms with van der Waals surface area (Å²) in [5.41, 5.74) is 1.59. The van der Waals surface area contributed by atoms with Gasteiger partial charge in [-0.3, -0.25) is 4.79 Å². The highest BCUT2D eigenvalue weighted by atomic mass is 16.5. The van der Waals surface area contributed by atoms with Crippen LogP contribution >= 0.6 is 0 Å². The van der Waals surface area contributed by atoms with Gasteiger partial charge in [-0.1, -0.05) is 18.2 Å². The van der Waals surface area contributed by atoms with Crippen LogP contribution in [0.5, 0.6) is 0 Å². The number of ether oxygens (including phenoxy) is 2. The van der Waals surface area contributed by atoms with Gasteiger partial charge in [0.2, 0.25) is 0 Å². The number of anilines is 1. The van der Waals surface area contributed by atoms with Gasteiger partial charge in [0.25, 0.3) is 5.91 Å². The van der Waals surface area contributed by atoms with Gasteiger partial charge >= 0.3 is 0 Å². The van der Waals surface area contributed by atoms with Crippen LogP contribution in [-0.4, -0.2) is 68.4 Å². The Balaban J connectivity index is 1.75. The smallest absolute Gasteiger partial charge is 0.254 e. The summed E-state index contributed by atoms with van der Waals surface area (Å²) in [6.07, 6.45) is 0. The van der Waals surface area contributed by atoms with Gasteiger partial charge in [-0.2, -0.15) is 0 Å². The van der Waals surface area contributed by atoms with Gasteiger partial charge in [0.05, 0.1) is 37.5 Å². The van der Waals surface area contributed by atoms with E-state index in [1.807, 2.05) is 35.2 Å². The molecule has 1 amide bonds. The van der Waals surface area contributed by atoms with Crippen molar-refractivity contribution in [3.05, 3.63) is 35.9 Å². The quantitative estimate of drug-likeness (QED) is 0.837. The zero-order valence-electron chi connectivity index (χ0n) is 13.6. The van der Waals surface area contributed by atoms with E-state index >= 15 is 0 Å². The Morgan fingerprint density at radius 1 is 0.958 bits per heavy atom. The fraction of sp³-hybridized carbons (Fsp3) is 0.444. The van der Waals surface area contributed by atoms with Gasteiger partial charge in [-0.25, -0.2) is 4.98 Å². The lowest BCUT2D eigenvalue weighted by atomic mass is 10.1. The van der Waals surface area contributed by atoms with E-state index in [-0.39, 0.29) is 5.91 Å². The third-order valence-corrected chi connectivity index (χ3v) is 4.57. The minimum absolute atomic E-state index is 0.0615. The Morgan fingerprint density at radius 3 is 2.38 bits per heavy atom. The molecule has 2 aliphatic rings. The molecular formula is C18H21N3O3. The van der Waals surface area contributed by atoms with E-state index in [0.29, 0.717) is 39.5 Å². The Labute approximate surface area is 141 Å². The zero-order chi connectivity index (χ0) is 16.4. The van der Waals surface area contributed by atoms with Crippen LogP contribution in [0.2, 0.25) is 0 Å². The number of carbonyl (C=O) groups excluding carboxylic acids is 1. The maximum Gasteiger partial charge on any atom is 0.254 e. The number of aromatic nitrogens is 1. The third kappa shape index (κ3) is 2.95. The molecule has 126 valence electrons. The largest absolute Gasteiger partial charge is 0.378 e. The van der Waals surface area contributed by atoms with Crippen LogP contribution in [0.1, 0.15) is 10.4 Å². The molecular weight excluding hydrogens is 306 g/mol. The monoisotopic (exact) mass is 327 g/mol. The minimum atomic E-state index is 0.0615. The molecule has 0 atom stereocenters. The van der Waals surface area contributed by atoms with Crippen LogP contribution in [0.15, 0.2) is 30.3 Å². The number of pyridine rings is 1. The molecule has 2 aromatic rings. The number of benzene rings is 1. The molecule has 2 fully saturated rings. The fourth-order valence-electron chi connectivity index (χ4n) is 3.23. The van der Waals surface area contributed by atoms with Crippen molar-refractivity contribution >= 4 is 22.6 Å². The average Bonchev–Trinajstić information content (AvgIpc) is 2.68. The van der Waals surface area contributed by atoms with Gasteiger partial charge in [0.1, 0.15) is 5.82 Å². The van der Waals surface area contributed by atoms with Gasteiger partial charge in [0.15, 0.2) is 0 Å². The van der Waals surface area contributed by atoms with E-state index in [1.165, 1.54) is 0 Å². The first kappa shape index (κ1) is 15.4. The summed E-state index contributed by atoms with van der Waals surface area (Å²) >= 11 is 0. The van der Waals surface area contributed by atoms with E-state index in [4.69, 9.17) is 14.5 Å². The van der Waals surface area contributed by atoms with E-state index in [9.17, 15) is 4.79 Å². The highest BCUT2D eigenvalue weighted by molar-refractivity contribution is 6.07. The number of hydrogen-bond acceptors (Lipinski definition) is 5. The first-order valence-electron chi connectivity index (χ1n) is 8.42. The molecule has 6 nitrogen and oxygen atoms in total. The molecule has 0 radical (unpaired) electrons. The summed E-state index contributed by atoms with van der Waals surface area (Å²) in [6.45, 7) is 5.48. The lowest BCUT2D eigenvalue weighted by Gasteiger charge is -2.30. The van der Waals surface area contributed by atoms with Gasteiger partial charge in [-0.05, 0) is 12.1 Å². The molecule has 0 unspecified atom stereocenters. The minimum Gasteiger partial charge on any atom is -0.378 e. The molecule has 1 aromatic carbocycles. The van der Waals surface area contributed by atoms with Crippen LogP contribution in [-0.2, 0) is 9.47 Å². The standard InChI is InChI=1S/C18H21N3O3/c22-18(21-7-11-24-12-8-21)15-13-17(20-5-9-23-10-6-20)19-16-4-2-1-3-14(15)16/h1-4,13H,5-12H2. The molecule has 4 rings (SSSR count). The predicted molar refractivity (Wildman–Crippen MR) is 91.5 cm³/mol. The number of rotatable bonds is 2. The molecule has 0 bridgehead atoms. The second-order valence-electron chi connectivity index (χ2n) is 6.05. The van der Waals surface area contributed by atoms with Crippen molar-refractivity contribution in [3.8, 4) is 0 Å². The van der Waals surface area contributed by atoms with Crippen molar-refractivity contribution in [2.45, 2.75) is 0 Å². The second kappa shape index (κ2) is 6.75. The van der Waals surface area contributed by atoms with Crippen LogP contribution in [0.4, 0.5) is 5.82 Å². The number of para-hydroxylation sites is 1. The summed E-state index contributed by atoms with van der Waals surface area (Å²) in [5, 5.41) is 0.908. The number of fused-ring (bicyclic) bond motifs is 1. The number of carbonyl (C=O) groups is 1.